The third-order valence-corrected chi connectivity index (χ3v) is 3.26. The van der Waals surface area contributed by atoms with Crippen LogP contribution in [0.15, 0.2) is 54.6 Å². The van der Waals surface area contributed by atoms with Crippen LogP contribution in [0.2, 0.25) is 0 Å². The summed E-state index contributed by atoms with van der Waals surface area (Å²) in [6.07, 6.45) is 2.49. The van der Waals surface area contributed by atoms with Crippen LogP contribution >= 0.6 is 0 Å². The average Bonchev–Trinajstić information content (AvgIpc) is 2.46. The van der Waals surface area contributed by atoms with Crippen LogP contribution < -0.4 is 4.90 Å². The molecule has 0 radical (unpaired) electrons. The van der Waals surface area contributed by atoms with Gasteiger partial charge in [0.1, 0.15) is 0 Å². The zero-order valence-corrected chi connectivity index (χ0v) is 11.3. The number of nitrogens with zero attached hydrogens (tertiary/aromatic N) is 1. The van der Waals surface area contributed by atoms with Gasteiger partial charge in [-0.05, 0) is 29.7 Å². The Bertz CT molecular complexity index is 459. The smallest absolute Gasteiger partial charge is 0.0364 e. The summed E-state index contributed by atoms with van der Waals surface area (Å²) < 4.78 is 0. The van der Waals surface area contributed by atoms with Crippen molar-refractivity contribution in [2.24, 2.45) is 0 Å². The van der Waals surface area contributed by atoms with E-state index < -0.39 is 0 Å². The molecule has 0 aliphatic rings. The highest BCUT2D eigenvalue weighted by atomic mass is 15.1. The largest absolute Gasteiger partial charge is 0.375 e. The van der Waals surface area contributed by atoms with E-state index in [0.29, 0.717) is 0 Å². The van der Waals surface area contributed by atoms with Gasteiger partial charge in [0.25, 0.3) is 0 Å². The van der Waals surface area contributed by atoms with E-state index in [1.807, 2.05) is 0 Å². The van der Waals surface area contributed by atoms with Gasteiger partial charge in [-0.25, -0.2) is 0 Å². The Morgan fingerprint density at radius 2 is 1.44 bits per heavy atom. The Morgan fingerprint density at radius 3 is 2.06 bits per heavy atom. The van der Waals surface area contributed by atoms with E-state index in [2.05, 4.69) is 73.5 Å². The number of hydrogen-bond acceptors (Lipinski definition) is 1. The molecule has 2 aromatic rings. The molecule has 0 aliphatic carbocycles. The van der Waals surface area contributed by atoms with E-state index in [4.69, 9.17) is 0 Å². The summed E-state index contributed by atoms with van der Waals surface area (Å²) in [5.74, 6) is 0. The summed E-state index contributed by atoms with van der Waals surface area (Å²) in [6, 6.07) is 19.3. The van der Waals surface area contributed by atoms with E-state index in [0.717, 1.165) is 6.54 Å². The van der Waals surface area contributed by atoms with Gasteiger partial charge in [-0.3, -0.25) is 0 Å². The number of hydrogen-bond donors (Lipinski definition) is 0. The van der Waals surface area contributed by atoms with Crippen LogP contribution in [0.5, 0.6) is 0 Å². The molecule has 94 valence electrons. The lowest BCUT2D eigenvalue weighted by Gasteiger charge is -2.19. The van der Waals surface area contributed by atoms with Gasteiger partial charge in [-0.2, -0.15) is 0 Å². The molecule has 0 fully saturated rings. The van der Waals surface area contributed by atoms with Gasteiger partial charge < -0.3 is 4.90 Å². The third-order valence-electron chi connectivity index (χ3n) is 3.26. The highest BCUT2D eigenvalue weighted by Gasteiger charge is 2.01. The summed E-state index contributed by atoms with van der Waals surface area (Å²) in [6.45, 7) is 3.35. The fraction of sp³-hybridized carbons (Fsp3) is 0.294. The van der Waals surface area contributed by atoms with Crippen molar-refractivity contribution in [1.29, 1.82) is 0 Å². The van der Waals surface area contributed by atoms with Gasteiger partial charge >= 0.3 is 0 Å². The Kier molecular flexibility index (Phi) is 4.40. The van der Waals surface area contributed by atoms with Gasteiger partial charge in [0, 0.05) is 19.3 Å². The summed E-state index contributed by atoms with van der Waals surface area (Å²) >= 11 is 0. The van der Waals surface area contributed by atoms with Crippen molar-refractivity contribution in [3.05, 3.63) is 54.6 Å². The van der Waals surface area contributed by atoms with Crippen molar-refractivity contribution in [1.82, 2.24) is 0 Å². The fourth-order valence-electron chi connectivity index (χ4n) is 2.06. The van der Waals surface area contributed by atoms with Crippen LogP contribution in [0, 0.1) is 0 Å². The summed E-state index contributed by atoms with van der Waals surface area (Å²) in [7, 11) is 2.16. The molecule has 0 bridgehead atoms. The van der Waals surface area contributed by atoms with Gasteiger partial charge in [0.2, 0.25) is 0 Å². The molecule has 1 heteroatoms. The Hall–Kier alpha value is -1.76. The second kappa shape index (κ2) is 6.25. The normalized spacial score (nSPS) is 10.3. The van der Waals surface area contributed by atoms with Gasteiger partial charge in [-0.1, -0.05) is 55.8 Å². The van der Waals surface area contributed by atoms with Crippen LogP contribution in [-0.2, 0) is 0 Å². The monoisotopic (exact) mass is 239 g/mol. The van der Waals surface area contributed by atoms with Crippen molar-refractivity contribution in [3.63, 3.8) is 0 Å². The number of anilines is 1. The first-order chi connectivity index (χ1) is 8.81. The maximum absolute atomic E-state index is 2.32. The minimum Gasteiger partial charge on any atom is -0.375 e. The molecule has 0 spiro atoms. The minimum absolute atomic E-state index is 1.13. The topological polar surface area (TPSA) is 3.24 Å². The molecular weight excluding hydrogens is 218 g/mol. The van der Waals surface area contributed by atoms with Gasteiger partial charge in [-0.15, -0.1) is 0 Å². The number of unbranched alkanes of at least 4 members (excludes halogenated alkanes) is 1. The molecule has 1 nitrogen and oxygen atoms in total. The number of benzene rings is 2. The van der Waals surface area contributed by atoms with Gasteiger partial charge in [0.15, 0.2) is 0 Å². The standard InChI is InChI=1S/C17H21N/c1-3-4-14-18(2)17-12-10-16(11-13-17)15-8-6-5-7-9-15/h5-13H,3-4,14H2,1-2H3. The predicted octanol–water partition coefficient (Wildman–Crippen LogP) is 4.59. The molecule has 0 aromatic heterocycles. The SMILES string of the molecule is CCCCN(C)c1ccc(-c2ccccc2)cc1. The third kappa shape index (κ3) is 3.13. The Balaban J connectivity index is 2.10. The molecule has 0 N–H and O–H groups in total. The Labute approximate surface area is 110 Å². The lowest BCUT2D eigenvalue weighted by atomic mass is 10.1. The molecule has 18 heavy (non-hydrogen) atoms. The molecule has 0 unspecified atom stereocenters. The molecule has 2 aromatic carbocycles. The van der Waals surface area contributed by atoms with Crippen molar-refractivity contribution in [2.75, 3.05) is 18.5 Å². The van der Waals surface area contributed by atoms with Crippen LogP contribution in [0.4, 0.5) is 5.69 Å². The zero-order chi connectivity index (χ0) is 12.8. The first-order valence-electron chi connectivity index (χ1n) is 6.68. The maximum Gasteiger partial charge on any atom is 0.0364 e. The van der Waals surface area contributed by atoms with E-state index in [9.17, 15) is 0 Å². The highest BCUT2D eigenvalue weighted by molar-refractivity contribution is 5.66. The van der Waals surface area contributed by atoms with Crippen molar-refractivity contribution in [3.8, 4) is 11.1 Å². The second-order valence-electron chi connectivity index (χ2n) is 4.69. The van der Waals surface area contributed by atoms with Crippen LogP contribution in [0.1, 0.15) is 19.8 Å². The van der Waals surface area contributed by atoms with Crippen molar-refractivity contribution < 1.29 is 0 Å². The molecule has 0 amide bonds. The zero-order valence-electron chi connectivity index (χ0n) is 11.3. The second-order valence-corrected chi connectivity index (χ2v) is 4.69. The molecule has 0 saturated heterocycles. The first kappa shape index (κ1) is 12.7. The van der Waals surface area contributed by atoms with Crippen LogP contribution in [0.3, 0.4) is 0 Å². The molecule has 0 aliphatic heterocycles. The molecule has 2 rings (SSSR count). The quantitative estimate of drug-likeness (QED) is 0.737. The fourth-order valence-corrected chi connectivity index (χ4v) is 2.06. The molecular formula is C17H21N. The van der Waals surface area contributed by atoms with Crippen LogP contribution in [0.25, 0.3) is 11.1 Å². The van der Waals surface area contributed by atoms with Crippen LogP contribution in [-0.4, -0.2) is 13.6 Å². The van der Waals surface area contributed by atoms with E-state index >= 15 is 0 Å². The summed E-state index contributed by atoms with van der Waals surface area (Å²) in [5, 5.41) is 0. The summed E-state index contributed by atoms with van der Waals surface area (Å²) in [5.41, 5.74) is 3.85. The van der Waals surface area contributed by atoms with E-state index in [1.54, 1.807) is 0 Å². The lowest BCUT2D eigenvalue weighted by molar-refractivity contribution is 0.767. The molecule has 0 saturated carbocycles. The predicted molar refractivity (Wildman–Crippen MR) is 80.1 cm³/mol. The highest BCUT2D eigenvalue weighted by Crippen LogP contribution is 2.22. The van der Waals surface area contributed by atoms with Crippen molar-refractivity contribution in [2.45, 2.75) is 19.8 Å². The van der Waals surface area contributed by atoms with E-state index in [1.165, 1.54) is 29.7 Å². The number of rotatable bonds is 5. The maximum atomic E-state index is 2.32. The first-order valence-corrected chi connectivity index (χ1v) is 6.68. The van der Waals surface area contributed by atoms with Crippen molar-refractivity contribution >= 4 is 5.69 Å². The van der Waals surface area contributed by atoms with Gasteiger partial charge in [0.05, 0.1) is 0 Å². The minimum atomic E-state index is 1.13. The lowest BCUT2D eigenvalue weighted by Crippen LogP contribution is -2.17. The van der Waals surface area contributed by atoms with E-state index in [-0.39, 0.29) is 0 Å². The Morgan fingerprint density at radius 1 is 0.833 bits per heavy atom. The molecule has 0 heterocycles. The summed E-state index contributed by atoms with van der Waals surface area (Å²) in [4.78, 5) is 2.32. The molecule has 0 atom stereocenters. The average molecular weight is 239 g/mol.